The summed E-state index contributed by atoms with van der Waals surface area (Å²) >= 11 is 1.18. The van der Waals surface area contributed by atoms with Crippen LogP contribution in [0.15, 0.2) is 129 Å². The second-order valence-electron chi connectivity index (χ2n) is 11.2. The maximum Gasteiger partial charge on any atom is 0.326 e. The van der Waals surface area contributed by atoms with Gasteiger partial charge in [-0.05, 0) is 80.6 Å². The highest BCUT2D eigenvalue weighted by Crippen LogP contribution is 2.47. The number of sulfonamides is 2. The van der Waals surface area contributed by atoms with Crippen molar-refractivity contribution in [3.63, 3.8) is 0 Å². The third-order valence-corrected chi connectivity index (χ3v) is 12.4. The highest BCUT2D eigenvalue weighted by Gasteiger charge is 2.34. The highest BCUT2D eigenvalue weighted by molar-refractivity contribution is 7.99. The number of ether oxygens (including phenoxy) is 4. The maximum absolute atomic E-state index is 14.4. The number of aldehydes is 1. The zero-order valence-electron chi connectivity index (χ0n) is 30.5. The van der Waals surface area contributed by atoms with Crippen LogP contribution in [0.5, 0.6) is 11.5 Å². The molecule has 0 aliphatic rings. The average Bonchev–Trinajstić information content (AvgIpc) is 3.19. The van der Waals surface area contributed by atoms with E-state index in [1.165, 1.54) is 80.6 Å². The second-order valence-corrected chi connectivity index (χ2v) is 16.0. The topological polar surface area (TPSA) is 146 Å². The van der Waals surface area contributed by atoms with E-state index in [0.717, 1.165) is 15.2 Å². The minimum absolute atomic E-state index is 0.0218. The number of hydrogen-bond donors (Lipinski definition) is 0. The molecule has 12 nitrogen and oxygen atoms in total. The van der Waals surface area contributed by atoms with E-state index < -0.39 is 39.1 Å². The standard InChI is InChI=1S/C36H34N2O9S3.C3H8O/c1-4-47-35(40)25-38(50(43,44)30-20-16-27(46-3)17-21-30)33-24-34(48-28-10-6-5-7-11-28)36(32-13-9-8-12-31(32)33)37(22-23-39)49(41,42)29-18-14-26(45-2)15-19-29;1-3-4-2/h5-21,23-24H,4,22,25H2,1-3H3;3H2,1-2H3. The summed E-state index contributed by atoms with van der Waals surface area (Å²) in [5.41, 5.74) is 0.249. The van der Waals surface area contributed by atoms with Gasteiger partial charge in [-0.1, -0.05) is 54.2 Å². The molecule has 0 bridgehead atoms. The summed E-state index contributed by atoms with van der Waals surface area (Å²) in [4.78, 5) is 26.0. The number of carbonyl (C=O) groups is 2. The minimum Gasteiger partial charge on any atom is -0.497 e. The lowest BCUT2D eigenvalue weighted by Gasteiger charge is -2.30. The molecule has 5 rings (SSSR count). The third-order valence-electron chi connectivity index (χ3n) is 7.85. The van der Waals surface area contributed by atoms with Crippen LogP contribution in [0.2, 0.25) is 0 Å². The Bertz CT molecular complexity index is 2230. The molecule has 0 unspecified atom stereocenters. The van der Waals surface area contributed by atoms with Crippen LogP contribution in [-0.4, -0.2) is 76.7 Å². The van der Waals surface area contributed by atoms with Crippen LogP contribution in [0, 0.1) is 0 Å². The van der Waals surface area contributed by atoms with Gasteiger partial charge in [-0.15, -0.1) is 0 Å². The van der Waals surface area contributed by atoms with Gasteiger partial charge in [-0.25, -0.2) is 16.8 Å². The maximum atomic E-state index is 14.4. The Morgan fingerprint density at radius 2 is 1.19 bits per heavy atom. The number of hydrogen-bond acceptors (Lipinski definition) is 11. The molecule has 0 spiro atoms. The molecule has 0 N–H and O–H groups in total. The van der Waals surface area contributed by atoms with Crippen LogP contribution < -0.4 is 18.1 Å². The number of benzene rings is 5. The molecular formula is C39H42N2O10S3. The van der Waals surface area contributed by atoms with Gasteiger partial charge in [0, 0.05) is 34.3 Å². The fourth-order valence-corrected chi connectivity index (χ4v) is 9.16. The normalized spacial score (nSPS) is 11.2. The van der Waals surface area contributed by atoms with Gasteiger partial charge in [0.15, 0.2) is 0 Å². The van der Waals surface area contributed by atoms with Crippen molar-refractivity contribution in [2.24, 2.45) is 0 Å². The number of esters is 1. The Morgan fingerprint density at radius 1 is 0.685 bits per heavy atom. The summed E-state index contributed by atoms with van der Waals surface area (Å²) in [6, 6.07) is 28.7. The zero-order chi connectivity index (χ0) is 39.3. The molecule has 5 aromatic carbocycles. The first-order valence-electron chi connectivity index (χ1n) is 16.7. The van der Waals surface area contributed by atoms with Crippen molar-refractivity contribution in [3.05, 3.63) is 109 Å². The van der Waals surface area contributed by atoms with Crippen LogP contribution in [0.25, 0.3) is 10.8 Å². The first-order valence-corrected chi connectivity index (χ1v) is 20.4. The van der Waals surface area contributed by atoms with E-state index in [2.05, 4.69) is 4.74 Å². The molecule has 0 heterocycles. The van der Waals surface area contributed by atoms with Crippen molar-refractivity contribution in [2.75, 3.05) is 56.2 Å². The summed E-state index contributed by atoms with van der Waals surface area (Å²) in [5.74, 6) is 0.0889. The molecule has 54 heavy (non-hydrogen) atoms. The van der Waals surface area contributed by atoms with Crippen LogP contribution in [-0.2, 0) is 39.1 Å². The zero-order valence-corrected chi connectivity index (χ0v) is 32.9. The molecule has 0 radical (unpaired) electrons. The van der Waals surface area contributed by atoms with E-state index in [1.807, 2.05) is 37.3 Å². The van der Waals surface area contributed by atoms with Gasteiger partial charge in [0.25, 0.3) is 20.0 Å². The van der Waals surface area contributed by atoms with Crippen molar-refractivity contribution in [2.45, 2.75) is 33.4 Å². The molecular weight excluding hydrogens is 753 g/mol. The van der Waals surface area contributed by atoms with E-state index in [4.69, 9.17) is 14.2 Å². The molecule has 0 saturated heterocycles. The summed E-state index contributed by atoms with van der Waals surface area (Å²) in [7, 11) is -4.20. The lowest BCUT2D eigenvalue weighted by molar-refractivity contribution is -0.141. The van der Waals surface area contributed by atoms with Gasteiger partial charge < -0.3 is 23.7 Å². The molecule has 0 saturated carbocycles. The monoisotopic (exact) mass is 794 g/mol. The number of carbonyl (C=O) groups excluding carboxylic acids is 2. The minimum atomic E-state index is -4.43. The summed E-state index contributed by atoms with van der Waals surface area (Å²) in [5, 5.41) is 0.628. The van der Waals surface area contributed by atoms with Crippen molar-refractivity contribution in [1.29, 1.82) is 0 Å². The molecule has 15 heteroatoms. The average molecular weight is 795 g/mol. The quantitative estimate of drug-likeness (QED) is 0.0767. The van der Waals surface area contributed by atoms with E-state index >= 15 is 0 Å². The predicted molar refractivity (Wildman–Crippen MR) is 210 cm³/mol. The Morgan fingerprint density at radius 3 is 1.67 bits per heavy atom. The molecule has 0 atom stereocenters. The number of rotatable bonds is 16. The van der Waals surface area contributed by atoms with Gasteiger partial charge in [0.1, 0.15) is 24.3 Å². The Labute approximate surface area is 320 Å². The molecule has 0 fully saturated rings. The number of methoxy groups -OCH3 is 3. The number of fused-ring (bicyclic) bond motifs is 1. The van der Waals surface area contributed by atoms with Gasteiger partial charge >= 0.3 is 5.97 Å². The summed E-state index contributed by atoms with van der Waals surface area (Å²) < 4.78 is 79.6. The van der Waals surface area contributed by atoms with Crippen LogP contribution in [0.3, 0.4) is 0 Å². The lowest BCUT2D eigenvalue weighted by atomic mass is 10.1. The lowest BCUT2D eigenvalue weighted by Crippen LogP contribution is -2.37. The van der Waals surface area contributed by atoms with Crippen LogP contribution in [0.4, 0.5) is 11.4 Å². The number of anilines is 2. The molecule has 0 aromatic heterocycles. The second kappa shape index (κ2) is 19.3. The molecule has 0 aliphatic carbocycles. The molecule has 0 amide bonds. The van der Waals surface area contributed by atoms with Gasteiger partial charge in [0.2, 0.25) is 0 Å². The molecule has 5 aromatic rings. The largest absolute Gasteiger partial charge is 0.497 e. The van der Waals surface area contributed by atoms with Crippen molar-refractivity contribution >= 4 is 66.2 Å². The Kier molecular flexibility index (Phi) is 14.9. The highest BCUT2D eigenvalue weighted by atomic mass is 32.2. The summed E-state index contributed by atoms with van der Waals surface area (Å²) in [6.45, 7) is 3.19. The first-order chi connectivity index (χ1) is 26.0. The summed E-state index contributed by atoms with van der Waals surface area (Å²) in [6.07, 6.45) is 0.488. The van der Waals surface area contributed by atoms with Crippen LogP contribution in [0.1, 0.15) is 13.8 Å². The van der Waals surface area contributed by atoms with Crippen molar-refractivity contribution < 1.29 is 45.4 Å². The van der Waals surface area contributed by atoms with Gasteiger partial charge in [0.05, 0.1) is 48.5 Å². The SMILES string of the molecule is CCOC.CCOC(=O)CN(c1cc(Sc2ccccc2)c(N(CC=O)S(=O)(=O)c2ccc(OC)cc2)c2ccccc12)S(=O)(=O)c1ccc(OC)cc1. The van der Waals surface area contributed by atoms with Crippen molar-refractivity contribution in [3.8, 4) is 11.5 Å². The molecule has 286 valence electrons. The van der Waals surface area contributed by atoms with E-state index in [-0.39, 0.29) is 27.8 Å². The number of nitrogens with zero attached hydrogens (tertiary/aromatic N) is 2. The first kappa shape index (κ1) is 41.7. The Balaban J connectivity index is 0.00000155. The fraction of sp³-hybridized carbons (Fsp3) is 0.231. The van der Waals surface area contributed by atoms with E-state index in [9.17, 15) is 26.4 Å². The smallest absolute Gasteiger partial charge is 0.326 e. The van der Waals surface area contributed by atoms with E-state index in [0.29, 0.717) is 38.3 Å². The Hall–Kier alpha value is -5.09. The molecule has 0 aliphatic heterocycles. The third kappa shape index (κ3) is 9.71. The fourth-order valence-electron chi connectivity index (χ4n) is 5.22. The van der Waals surface area contributed by atoms with Gasteiger partial charge in [-0.3, -0.25) is 13.4 Å². The van der Waals surface area contributed by atoms with Crippen LogP contribution >= 0.6 is 11.8 Å². The predicted octanol–water partition coefficient (Wildman–Crippen LogP) is 6.81. The van der Waals surface area contributed by atoms with Crippen molar-refractivity contribution in [1.82, 2.24) is 0 Å². The van der Waals surface area contributed by atoms with Gasteiger partial charge in [-0.2, -0.15) is 0 Å². The van der Waals surface area contributed by atoms with E-state index in [1.54, 1.807) is 38.3 Å².